The van der Waals surface area contributed by atoms with Crippen molar-refractivity contribution in [3.05, 3.63) is 65.7 Å². The van der Waals surface area contributed by atoms with Crippen molar-refractivity contribution in [3.8, 4) is 5.75 Å². The minimum atomic E-state index is -1.75. The fourth-order valence-electron chi connectivity index (χ4n) is 14.0. The summed E-state index contributed by atoms with van der Waals surface area (Å²) in [4.78, 5) is 226. The number of phenolic OH excluding ortho intramolecular Hbond substituents is 1. The third kappa shape index (κ3) is 38.0. The second kappa shape index (κ2) is 55.1. The minimum Gasteiger partial charge on any atom is -0.508 e. The van der Waals surface area contributed by atoms with Gasteiger partial charge in [-0.2, -0.15) is 0 Å². The molecule has 0 aromatic heterocycles. The summed E-state index contributed by atoms with van der Waals surface area (Å²) in [7, 11) is 1.70. The van der Waals surface area contributed by atoms with E-state index in [1.54, 1.807) is 71.9 Å². The molecule has 3 aliphatic heterocycles. The molecule has 14 atom stereocenters. The van der Waals surface area contributed by atoms with Gasteiger partial charge in [0.15, 0.2) is 17.9 Å². The Morgan fingerprint density at radius 1 is 0.432 bits per heavy atom. The maximum atomic E-state index is 15.6. The topological polar surface area (TPSA) is 686 Å². The number of hydrogen-bond donors (Lipinski definition) is 26. The van der Waals surface area contributed by atoms with Crippen LogP contribution in [0, 0.1) is 34.0 Å². The van der Waals surface area contributed by atoms with E-state index >= 15 is 33.6 Å². The molecule has 44 heteroatoms. The summed E-state index contributed by atoms with van der Waals surface area (Å²) in [5.74, 6) is -17.3. The van der Waals surface area contributed by atoms with E-state index in [2.05, 4.69) is 90.4 Å². The number of nitrogens with zero attached hydrogens (tertiary/aromatic N) is 1. The van der Waals surface area contributed by atoms with Gasteiger partial charge in [0.25, 0.3) is 0 Å². The lowest BCUT2D eigenvalue weighted by atomic mass is 9.97. The lowest BCUT2D eigenvalue weighted by Gasteiger charge is -2.32. The zero-order valence-electron chi connectivity index (χ0n) is 72.2. The standard InChI is InChI=1S/C81H132N26O16S2/c1-7-47(6)65-77(122)100-55(25-17-35-92-81(88)89)78(123)107-36-18-26-62(107)76(121)99-52(22-12-14-32-83)68(113)101-56(37-45(2)3)71(116)97-51(21-11-13-31-82)69(114)104-60-43-124-125-44-61(75(120)106-65)105-70(115)54(24-16-34-91-80(86)87)96-67(112)53(23-15-33-90-79(84)85)98-72(117)57(38-46(4)5)102-73(118)59(39-48-19-9-8-10-20-48)95-64(110)42-93-63(109)41-94-66(111)58(103-74(60)119)40-49-27-29-50(108)30-28-49/h8-10,19-20,27-30,45-47,51-62,65,108H,7,11-18,21-26,31-44,82-83H2,1-6H3,(H,93,109)(H,94,111)(H,95,110)(H,96,112)(H,97,116)(H,98,117)(H,99,121)(H,100,122)(H,101,113)(H,102,118)(H,103,119)(H,104,114)(H,105,115)(H,106,120)(H4,84,85,90)(H4,86,87,91)(H4,88,89,92)/t47-,51-,52-,53-,54-,55-,56-,57-,58-,59-,60-,61-,62-,65-/m0/s1. The predicted molar refractivity (Wildman–Crippen MR) is 472 cm³/mol. The van der Waals surface area contributed by atoms with Gasteiger partial charge in [-0.1, -0.05) is 112 Å². The quantitative estimate of drug-likeness (QED) is 0.0153. The average molecular weight is 1790 g/mol. The molecule has 2 aromatic rings. The molecule has 31 N–H and O–H groups in total. The Morgan fingerprint density at radius 3 is 1.27 bits per heavy atom. The number of aromatic hydroxyl groups is 1. The zero-order valence-corrected chi connectivity index (χ0v) is 73.8. The van der Waals surface area contributed by atoms with Gasteiger partial charge in [-0.25, -0.2) is 0 Å². The van der Waals surface area contributed by atoms with Crippen molar-refractivity contribution >= 4 is 128 Å². The first kappa shape index (κ1) is 104. The first-order valence-electron chi connectivity index (χ1n) is 42.7. The van der Waals surface area contributed by atoms with Crippen LogP contribution < -0.4 is 119 Å². The number of guanidine groups is 3. The van der Waals surface area contributed by atoms with E-state index in [0.29, 0.717) is 36.8 Å². The summed E-state index contributed by atoms with van der Waals surface area (Å²) < 4.78 is 0. The van der Waals surface area contributed by atoms with Crippen LogP contribution in [-0.4, -0.2) is 259 Å². The Kier molecular flexibility index (Phi) is 46.0. The van der Waals surface area contributed by atoms with Crippen molar-refractivity contribution in [2.24, 2.45) is 46.4 Å². The van der Waals surface area contributed by atoms with Crippen LogP contribution in [0.25, 0.3) is 0 Å². The van der Waals surface area contributed by atoms with Gasteiger partial charge in [-0.05, 0) is 157 Å². The zero-order chi connectivity index (χ0) is 92.2. The Bertz CT molecular complexity index is 3970. The fourth-order valence-corrected chi connectivity index (χ4v) is 16.3. The Hall–Kier alpha value is -11.3. The third-order valence-corrected chi connectivity index (χ3v) is 23.4. The van der Waals surface area contributed by atoms with Crippen LogP contribution in [0.15, 0.2) is 54.6 Å². The van der Waals surface area contributed by atoms with Crippen LogP contribution in [0.1, 0.15) is 162 Å². The number of nitrogens with two attached hydrogens (primary N) is 5. The number of nitrogens with one attached hydrogen (secondary N) is 20. The highest BCUT2D eigenvalue weighted by molar-refractivity contribution is 8.76. The number of benzene rings is 2. The van der Waals surface area contributed by atoms with Gasteiger partial charge in [0, 0.05) is 50.5 Å². The molecule has 0 radical (unpaired) electrons. The van der Waals surface area contributed by atoms with Crippen molar-refractivity contribution in [3.63, 3.8) is 0 Å². The fraction of sp³-hybridized carbons (Fsp3) is 0.630. The second-order valence-electron chi connectivity index (χ2n) is 32.2. The number of carbonyl (C=O) groups is 15. The van der Waals surface area contributed by atoms with Crippen molar-refractivity contribution in [2.45, 2.75) is 242 Å². The van der Waals surface area contributed by atoms with Gasteiger partial charge in [-0.15, -0.1) is 0 Å². The number of rotatable bonds is 30. The molecule has 0 aliphatic carbocycles. The summed E-state index contributed by atoms with van der Waals surface area (Å²) >= 11 is 0. The smallest absolute Gasteiger partial charge is 0.245 e. The molecule has 15 amide bonds. The van der Waals surface area contributed by atoms with Crippen molar-refractivity contribution in [1.29, 1.82) is 16.2 Å². The Morgan fingerprint density at radius 2 is 0.816 bits per heavy atom. The summed E-state index contributed by atoms with van der Waals surface area (Å²) in [6.45, 7) is 9.25. The van der Waals surface area contributed by atoms with E-state index in [9.17, 15) is 43.5 Å². The van der Waals surface area contributed by atoms with Crippen molar-refractivity contribution < 1.29 is 77.0 Å². The molecule has 0 saturated carbocycles. The molecule has 3 heterocycles. The molecule has 3 fully saturated rings. The van der Waals surface area contributed by atoms with E-state index in [1.807, 2.05) is 0 Å². The van der Waals surface area contributed by atoms with Gasteiger partial charge in [-0.3, -0.25) is 88.1 Å². The van der Waals surface area contributed by atoms with Crippen LogP contribution in [-0.2, 0) is 84.8 Å². The van der Waals surface area contributed by atoms with E-state index in [-0.39, 0.29) is 159 Å². The minimum absolute atomic E-state index is 0.00181. The lowest BCUT2D eigenvalue weighted by molar-refractivity contribution is -0.143. The SMILES string of the molecule is CC[C@H](C)[C@@H]1NC(=O)[C@@H]2CSSC[C@H](NC(=O)[C@H](CCCCN)NC(=O)[C@H](CC(C)C)NC(=O)[C@H](CCCCN)NC(=O)[C@@H]3CCCN3C(=O)[C@H](CCCNC(=N)N)NC1=O)C(=O)N[C@@H](Cc1ccc(O)cc1)C(=O)NCC(=O)NCC(=O)N[C@@H](Cc1ccccc1)C(=O)N[C@@H](CC(C)C)C(=O)N[C@@H](CCCNC(=N)N)C(=O)N[C@@H](CCCNC(=N)N)C(=O)N2. The molecular weight excluding hydrogens is 1660 g/mol. The summed E-state index contributed by atoms with van der Waals surface area (Å²) in [5, 5.41) is 79.7. The van der Waals surface area contributed by atoms with E-state index in [1.165, 1.54) is 29.2 Å². The molecule has 0 unspecified atom stereocenters. The van der Waals surface area contributed by atoms with Crippen molar-refractivity contribution in [2.75, 3.05) is 63.9 Å². The maximum Gasteiger partial charge on any atom is 0.245 e. The molecule has 125 heavy (non-hydrogen) atoms. The van der Waals surface area contributed by atoms with E-state index in [4.69, 9.17) is 44.9 Å². The van der Waals surface area contributed by atoms with Crippen LogP contribution in [0.3, 0.4) is 0 Å². The molecule has 5 rings (SSSR count). The Balaban J connectivity index is 1.80. The largest absolute Gasteiger partial charge is 0.508 e. The van der Waals surface area contributed by atoms with Crippen LogP contribution in [0.5, 0.6) is 5.75 Å². The first-order chi connectivity index (χ1) is 59.5. The van der Waals surface area contributed by atoms with Gasteiger partial charge in [0.2, 0.25) is 88.6 Å². The van der Waals surface area contributed by atoms with Crippen LogP contribution in [0.4, 0.5) is 0 Å². The monoisotopic (exact) mass is 1790 g/mol. The molecule has 42 nitrogen and oxygen atoms in total. The lowest BCUT2D eigenvalue weighted by Crippen LogP contribution is -2.62. The molecule has 0 spiro atoms. The molecule has 694 valence electrons. The average Bonchev–Trinajstić information content (AvgIpc) is 1.72. The van der Waals surface area contributed by atoms with E-state index in [0.717, 1.165) is 21.6 Å². The molecule has 3 aliphatic rings. The van der Waals surface area contributed by atoms with Gasteiger partial charge < -0.3 is 129 Å². The summed E-state index contributed by atoms with van der Waals surface area (Å²) in [6, 6.07) is -5.47. The van der Waals surface area contributed by atoms with Crippen LogP contribution in [0.2, 0.25) is 0 Å². The van der Waals surface area contributed by atoms with Crippen molar-refractivity contribution in [1.82, 2.24) is 95.3 Å². The molecular formula is C81H132N26O16S2. The molecule has 2 aromatic carbocycles. The number of carbonyl (C=O) groups excluding carboxylic acids is 15. The van der Waals surface area contributed by atoms with Gasteiger partial charge >= 0.3 is 0 Å². The second-order valence-corrected chi connectivity index (χ2v) is 34.7. The number of amides is 15. The van der Waals surface area contributed by atoms with Gasteiger partial charge in [0.1, 0.15) is 84.3 Å². The summed E-state index contributed by atoms with van der Waals surface area (Å²) in [5.41, 5.74) is 29.8. The highest BCUT2D eigenvalue weighted by Crippen LogP contribution is 2.26. The molecule has 2 bridgehead atoms. The number of fused-ring (bicyclic) bond motifs is 6. The highest BCUT2D eigenvalue weighted by Gasteiger charge is 2.43. The van der Waals surface area contributed by atoms with Gasteiger partial charge in [0.05, 0.1) is 13.1 Å². The number of phenols is 1. The number of hydrogen-bond acceptors (Lipinski definition) is 23. The first-order valence-corrected chi connectivity index (χ1v) is 45.2. The maximum absolute atomic E-state index is 15.6. The molecule has 3 saturated heterocycles. The van der Waals surface area contributed by atoms with Crippen LogP contribution >= 0.6 is 21.6 Å². The number of unbranched alkanes of at least 4 members (excludes halogenated alkanes) is 2. The predicted octanol–water partition coefficient (Wildman–Crippen LogP) is -4.19. The summed E-state index contributed by atoms with van der Waals surface area (Å²) in [6.07, 6.45) is 0.819. The normalized spacial score (nSPS) is 24.5. The third-order valence-electron chi connectivity index (χ3n) is 20.9. The highest BCUT2D eigenvalue weighted by atomic mass is 33.1. The van der Waals surface area contributed by atoms with E-state index < -0.39 is 210 Å². The Labute approximate surface area is 736 Å².